The molecule has 222 valence electrons. The zero-order valence-corrected chi connectivity index (χ0v) is 22.0. The van der Waals surface area contributed by atoms with Crippen LogP contribution in [0, 0.1) is 0 Å². The van der Waals surface area contributed by atoms with E-state index in [0.717, 1.165) is 23.7 Å². The minimum atomic E-state index is -5.92. The van der Waals surface area contributed by atoms with Crippen LogP contribution in [-0.4, -0.2) is 56.2 Å². The first-order chi connectivity index (χ1) is 19.8. The summed E-state index contributed by atoms with van der Waals surface area (Å²) in [5.74, 6) is 0. The van der Waals surface area contributed by atoms with Crippen LogP contribution in [0.5, 0.6) is 0 Å². The van der Waals surface area contributed by atoms with E-state index in [2.05, 4.69) is 25.6 Å². The van der Waals surface area contributed by atoms with Crippen molar-refractivity contribution >= 4 is 28.3 Å². The van der Waals surface area contributed by atoms with Crippen LogP contribution in [-0.2, 0) is 12.1 Å². The molecule has 5 rings (SSSR count). The average molecular weight is 593 g/mol. The molecule has 0 atom stereocenters. The van der Waals surface area contributed by atoms with Crippen molar-refractivity contribution < 1.29 is 36.2 Å². The van der Waals surface area contributed by atoms with Crippen molar-refractivity contribution in [3.8, 4) is 0 Å². The van der Waals surface area contributed by atoms with E-state index in [4.69, 9.17) is 0 Å². The molecule has 1 aliphatic heterocycles. The van der Waals surface area contributed by atoms with Crippen molar-refractivity contribution in [2.45, 2.75) is 43.4 Å². The van der Waals surface area contributed by atoms with Gasteiger partial charge in [-0.05, 0) is 48.7 Å². The summed E-state index contributed by atoms with van der Waals surface area (Å²) in [7, 11) is 0. The topological polar surface area (TPSA) is 95.3 Å². The van der Waals surface area contributed by atoms with E-state index in [9.17, 15) is 36.2 Å². The van der Waals surface area contributed by atoms with Gasteiger partial charge in [0, 0.05) is 54.4 Å². The summed E-state index contributed by atoms with van der Waals surface area (Å²) in [6.07, 6.45) is -5.52. The standard InChI is InChI=1S/C28H26F6N6O2/c29-27(30,31)26(42,28(32,33)34)20-3-1-18(2-4-20)17-39-13-9-23(10-14-39)40-24-6-5-22(15-19(24)16-36-40)38-25(41)37-21-7-11-35-12-8-21/h1-8,11-12,15-16,23,42H,9-10,13-14,17H2,(H2,35,37,38,41). The first-order valence-corrected chi connectivity index (χ1v) is 13.0. The number of nitrogens with one attached hydrogen (secondary N) is 2. The molecule has 4 aromatic rings. The molecule has 2 aromatic heterocycles. The summed E-state index contributed by atoms with van der Waals surface area (Å²) in [4.78, 5) is 18.3. The molecule has 1 saturated heterocycles. The highest BCUT2D eigenvalue weighted by atomic mass is 19.4. The van der Waals surface area contributed by atoms with Gasteiger partial charge in [-0.25, -0.2) is 4.79 Å². The largest absolute Gasteiger partial charge is 0.430 e. The zero-order chi connectivity index (χ0) is 30.1. The number of hydrogen-bond acceptors (Lipinski definition) is 5. The van der Waals surface area contributed by atoms with Gasteiger partial charge in [0.2, 0.25) is 0 Å². The Balaban J connectivity index is 1.18. The number of nitrogens with zero attached hydrogens (tertiary/aromatic N) is 4. The highest BCUT2D eigenvalue weighted by molar-refractivity contribution is 6.00. The van der Waals surface area contributed by atoms with Gasteiger partial charge in [-0.2, -0.15) is 31.4 Å². The second kappa shape index (κ2) is 11.2. The summed E-state index contributed by atoms with van der Waals surface area (Å²) in [5, 5.41) is 20.5. The molecule has 42 heavy (non-hydrogen) atoms. The molecule has 8 nitrogen and oxygen atoms in total. The normalized spacial score (nSPS) is 15.6. The summed E-state index contributed by atoms with van der Waals surface area (Å²) in [6, 6.07) is 12.2. The monoisotopic (exact) mass is 592 g/mol. The SMILES string of the molecule is O=C(Nc1ccncc1)Nc1ccc2c(cnn2C2CCN(Cc3ccc(C(O)(C(F)(F)F)C(F)(F)F)cc3)CC2)c1. The zero-order valence-electron chi connectivity index (χ0n) is 22.0. The predicted octanol–water partition coefficient (Wildman–Crippen LogP) is 6.22. The lowest BCUT2D eigenvalue weighted by molar-refractivity contribution is -0.376. The lowest BCUT2D eigenvalue weighted by Crippen LogP contribution is -2.53. The maximum Gasteiger partial charge on any atom is 0.430 e. The Morgan fingerprint density at radius 2 is 1.50 bits per heavy atom. The van der Waals surface area contributed by atoms with Gasteiger partial charge in [-0.1, -0.05) is 24.3 Å². The number of benzene rings is 2. The molecule has 0 aliphatic carbocycles. The van der Waals surface area contributed by atoms with Crippen LogP contribution in [0.15, 0.2) is 73.2 Å². The minimum absolute atomic E-state index is 0.0866. The quantitative estimate of drug-likeness (QED) is 0.231. The fourth-order valence-electron chi connectivity index (χ4n) is 5.07. The smallest absolute Gasteiger partial charge is 0.369 e. The minimum Gasteiger partial charge on any atom is -0.369 e. The molecule has 3 heterocycles. The average Bonchev–Trinajstić information content (AvgIpc) is 3.36. The second-order valence-corrected chi connectivity index (χ2v) is 10.1. The molecule has 1 aliphatic rings. The van der Waals surface area contributed by atoms with Crippen LogP contribution in [0.1, 0.15) is 30.0 Å². The molecule has 3 N–H and O–H groups in total. The van der Waals surface area contributed by atoms with Crippen LogP contribution in [0.4, 0.5) is 42.5 Å². The number of aromatic nitrogens is 3. The van der Waals surface area contributed by atoms with Gasteiger partial charge in [-0.3, -0.25) is 14.6 Å². The molecule has 0 saturated carbocycles. The Morgan fingerprint density at radius 3 is 2.12 bits per heavy atom. The van der Waals surface area contributed by atoms with E-state index in [0.29, 0.717) is 48.7 Å². The number of likely N-dealkylation sites (tertiary alicyclic amines) is 1. The lowest BCUT2D eigenvalue weighted by atomic mass is 9.91. The molecular weight excluding hydrogens is 566 g/mol. The van der Waals surface area contributed by atoms with Gasteiger partial charge in [0.05, 0.1) is 17.8 Å². The second-order valence-electron chi connectivity index (χ2n) is 10.1. The van der Waals surface area contributed by atoms with E-state index >= 15 is 0 Å². The van der Waals surface area contributed by atoms with Crippen molar-refractivity contribution in [2.75, 3.05) is 23.7 Å². The number of hydrogen-bond donors (Lipinski definition) is 3. The van der Waals surface area contributed by atoms with Crippen molar-refractivity contribution in [2.24, 2.45) is 0 Å². The number of pyridine rings is 1. The third-order valence-corrected chi connectivity index (χ3v) is 7.29. The van der Waals surface area contributed by atoms with Crippen molar-refractivity contribution in [1.82, 2.24) is 19.7 Å². The fraction of sp³-hybridized carbons (Fsp3) is 0.321. The fourth-order valence-corrected chi connectivity index (χ4v) is 5.07. The Hall–Kier alpha value is -4.17. The van der Waals surface area contributed by atoms with Crippen molar-refractivity contribution in [3.05, 3.63) is 84.3 Å². The first kappa shape index (κ1) is 29.3. The van der Waals surface area contributed by atoms with Gasteiger partial charge in [-0.15, -0.1) is 0 Å². The molecule has 0 radical (unpaired) electrons. The summed E-state index contributed by atoms with van der Waals surface area (Å²) < 4.78 is 80.8. The maximum atomic E-state index is 13.1. The first-order valence-electron chi connectivity index (χ1n) is 13.0. The predicted molar refractivity (Wildman–Crippen MR) is 143 cm³/mol. The Kier molecular flexibility index (Phi) is 7.86. The number of urea groups is 1. The Morgan fingerprint density at radius 1 is 0.881 bits per heavy atom. The van der Waals surface area contributed by atoms with Crippen LogP contribution in [0.3, 0.4) is 0 Å². The van der Waals surface area contributed by atoms with Gasteiger partial charge in [0.25, 0.3) is 5.60 Å². The number of piperidine rings is 1. The third-order valence-electron chi connectivity index (χ3n) is 7.29. The van der Waals surface area contributed by atoms with E-state index in [1.165, 1.54) is 12.1 Å². The molecule has 0 spiro atoms. The summed E-state index contributed by atoms with van der Waals surface area (Å²) in [6.45, 7) is 1.61. The van der Waals surface area contributed by atoms with Gasteiger partial charge in [0.1, 0.15) is 0 Å². The highest BCUT2D eigenvalue weighted by Crippen LogP contribution is 2.50. The number of amides is 2. The molecular formula is C28H26F6N6O2. The van der Waals surface area contributed by atoms with E-state index in [1.54, 1.807) is 36.8 Å². The van der Waals surface area contributed by atoms with E-state index in [-0.39, 0.29) is 6.04 Å². The van der Waals surface area contributed by atoms with E-state index < -0.39 is 29.5 Å². The number of halogens is 6. The Bertz CT molecular complexity index is 1520. The van der Waals surface area contributed by atoms with Crippen molar-refractivity contribution in [3.63, 3.8) is 0 Å². The summed E-state index contributed by atoms with van der Waals surface area (Å²) in [5.41, 5.74) is -3.59. The Labute approximate surface area is 236 Å². The van der Waals surface area contributed by atoms with Gasteiger partial charge >= 0.3 is 18.4 Å². The third kappa shape index (κ3) is 5.90. The molecule has 1 fully saturated rings. The number of alkyl halides is 6. The van der Waals surface area contributed by atoms with Crippen LogP contribution < -0.4 is 10.6 Å². The number of rotatable bonds is 6. The van der Waals surface area contributed by atoms with Crippen LogP contribution in [0.2, 0.25) is 0 Å². The molecule has 0 unspecified atom stereocenters. The maximum absolute atomic E-state index is 13.1. The van der Waals surface area contributed by atoms with Crippen LogP contribution >= 0.6 is 0 Å². The van der Waals surface area contributed by atoms with Gasteiger partial charge in [0.15, 0.2) is 0 Å². The molecule has 0 bridgehead atoms. The van der Waals surface area contributed by atoms with Crippen LogP contribution in [0.25, 0.3) is 10.9 Å². The highest BCUT2D eigenvalue weighted by Gasteiger charge is 2.71. The molecule has 14 heteroatoms. The molecule has 2 aromatic carbocycles. The lowest BCUT2D eigenvalue weighted by Gasteiger charge is -2.33. The number of carbonyl (C=O) groups is 1. The summed E-state index contributed by atoms with van der Waals surface area (Å²) >= 11 is 0. The van der Waals surface area contributed by atoms with Crippen molar-refractivity contribution in [1.29, 1.82) is 0 Å². The number of carbonyl (C=O) groups excluding carboxylic acids is 1. The molecule has 2 amide bonds. The number of aliphatic hydroxyl groups is 1. The number of anilines is 2. The number of fused-ring (bicyclic) bond motifs is 1. The van der Waals surface area contributed by atoms with E-state index in [1.807, 2.05) is 16.8 Å². The van der Waals surface area contributed by atoms with Gasteiger partial charge < -0.3 is 15.7 Å².